The lowest BCUT2D eigenvalue weighted by Crippen LogP contribution is -2.05. The molecule has 0 atom stereocenters. The molecule has 3 nitrogen and oxygen atoms in total. The van der Waals surface area contributed by atoms with Crippen LogP contribution in [0.4, 0.5) is 0 Å². The van der Waals surface area contributed by atoms with Crippen LogP contribution in [-0.4, -0.2) is 7.11 Å². The summed E-state index contributed by atoms with van der Waals surface area (Å²) in [6.45, 7) is 0. The Morgan fingerprint density at radius 2 is 2.08 bits per heavy atom. The Morgan fingerprint density at radius 1 is 1.46 bits per heavy atom. The molecule has 1 aromatic carbocycles. The van der Waals surface area contributed by atoms with E-state index in [1.807, 2.05) is 6.07 Å². The van der Waals surface area contributed by atoms with Gasteiger partial charge in [-0.25, -0.2) is 0 Å². The monoisotopic (exact) mass is 173 g/mol. The van der Waals surface area contributed by atoms with E-state index < -0.39 is 5.95 Å². The largest absolute Gasteiger partial charge is 0.601 e. The fourth-order valence-electron chi connectivity index (χ4n) is 0.797. The van der Waals surface area contributed by atoms with Crippen LogP contribution in [0.25, 0.3) is 0 Å². The van der Waals surface area contributed by atoms with E-state index in [1.165, 1.54) is 7.11 Å². The van der Waals surface area contributed by atoms with Crippen molar-refractivity contribution in [2.75, 3.05) is 7.11 Å². The zero-order chi connectivity index (χ0) is 9.68. The molecule has 0 unspecified atom stereocenters. The third kappa shape index (κ3) is 2.48. The van der Waals surface area contributed by atoms with Crippen LogP contribution in [0.5, 0.6) is 0 Å². The second-order valence-corrected chi connectivity index (χ2v) is 2.31. The SMILES string of the molecule is COC([O-])=[C+]c1ccc(C#N)cc1. The van der Waals surface area contributed by atoms with Gasteiger partial charge in [-0.15, -0.1) is 0 Å². The topological polar surface area (TPSA) is 56.1 Å². The maximum Gasteiger partial charge on any atom is 0.190 e. The van der Waals surface area contributed by atoms with Crippen LogP contribution >= 0.6 is 0 Å². The summed E-state index contributed by atoms with van der Waals surface area (Å²) in [5.41, 5.74) is 1.15. The molecule has 0 aliphatic rings. The van der Waals surface area contributed by atoms with E-state index in [1.54, 1.807) is 24.3 Å². The highest BCUT2D eigenvalue weighted by atomic mass is 16.6. The highest BCUT2D eigenvalue weighted by Gasteiger charge is 1.99. The van der Waals surface area contributed by atoms with Crippen molar-refractivity contribution in [2.24, 2.45) is 0 Å². The highest BCUT2D eigenvalue weighted by molar-refractivity contribution is 5.33. The Kier molecular flexibility index (Phi) is 2.86. The number of benzene rings is 1. The van der Waals surface area contributed by atoms with Crippen molar-refractivity contribution in [1.29, 1.82) is 5.26 Å². The maximum absolute atomic E-state index is 10.7. The third-order valence-electron chi connectivity index (χ3n) is 1.45. The first-order valence-electron chi connectivity index (χ1n) is 3.61. The summed E-state index contributed by atoms with van der Waals surface area (Å²) >= 11 is 0. The van der Waals surface area contributed by atoms with Crippen LogP contribution in [0, 0.1) is 17.4 Å². The van der Waals surface area contributed by atoms with Gasteiger partial charge in [0.2, 0.25) is 0 Å². The van der Waals surface area contributed by atoms with Crippen molar-refractivity contribution in [3.8, 4) is 6.07 Å². The number of nitriles is 1. The Balaban J connectivity index is 2.88. The zero-order valence-electron chi connectivity index (χ0n) is 7.07. The predicted octanol–water partition coefficient (Wildman–Crippen LogP) is 0.558. The second kappa shape index (κ2) is 4.10. The number of methoxy groups -OCH3 is 1. The molecule has 0 amide bonds. The van der Waals surface area contributed by atoms with Gasteiger partial charge in [0.25, 0.3) is 0 Å². The van der Waals surface area contributed by atoms with E-state index in [9.17, 15) is 5.11 Å². The Hall–Kier alpha value is -2.04. The van der Waals surface area contributed by atoms with E-state index in [-0.39, 0.29) is 0 Å². The van der Waals surface area contributed by atoms with Gasteiger partial charge in [-0.2, -0.15) is 5.26 Å². The minimum absolute atomic E-state index is 0.523. The molecule has 13 heavy (non-hydrogen) atoms. The lowest BCUT2D eigenvalue weighted by Gasteiger charge is -2.00. The van der Waals surface area contributed by atoms with Gasteiger partial charge < -0.3 is 9.84 Å². The summed E-state index contributed by atoms with van der Waals surface area (Å²) in [5, 5.41) is 19.2. The third-order valence-corrected chi connectivity index (χ3v) is 1.45. The summed E-state index contributed by atoms with van der Waals surface area (Å²) in [6, 6.07) is 8.48. The van der Waals surface area contributed by atoms with Crippen LogP contribution in [0.3, 0.4) is 0 Å². The van der Waals surface area contributed by atoms with Gasteiger partial charge in [0.05, 0.1) is 23.8 Å². The molecule has 1 rings (SSSR count). The summed E-state index contributed by atoms with van der Waals surface area (Å²) < 4.78 is 4.40. The fourth-order valence-corrected chi connectivity index (χ4v) is 0.797. The average Bonchev–Trinajstić information content (AvgIpc) is 2.19. The van der Waals surface area contributed by atoms with Gasteiger partial charge in [0.15, 0.2) is 11.5 Å². The molecule has 3 heteroatoms. The minimum atomic E-state index is -0.523. The molecule has 0 N–H and O–H groups in total. The number of nitrogens with zero attached hydrogens (tertiary/aromatic N) is 1. The predicted molar refractivity (Wildman–Crippen MR) is 44.0 cm³/mol. The second-order valence-electron chi connectivity index (χ2n) is 2.31. The van der Waals surface area contributed by atoms with Gasteiger partial charge >= 0.3 is 0 Å². The molecule has 0 heterocycles. The van der Waals surface area contributed by atoms with E-state index in [0.717, 1.165) is 0 Å². The molecular weight excluding hydrogens is 166 g/mol. The number of ether oxygens (including phenoxy) is 1. The minimum Gasteiger partial charge on any atom is -0.601 e. The van der Waals surface area contributed by atoms with Crippen molar-refractivity contribution in [1.82, 2.24) is 0 Å². The van der Waals surface area contributed by atoms with E-state index in [4.69, 9.17) is 5.26 Å². The van der Waals surface area contributed by atoms with Gasteiger partial charge in [0, 0.05) is 12.1 Å². The number of rotatable bonds is 2. The van der Waals surface area contributed by atoms with Crippen molar-refractivity contribution in [3.05, 3.63) is 47.4 Å². The fraction of sp³-hybridized carbons (Fsp3) is 0.100. The summed E-state index contributed by atoms with van der Waals surface area (Å²) in [6.07, 6.45) is 2.47. The number of hydrogen-bond donors (Lipinski definition) is 0. The smallest absolute Gasteiger partial charge is 0.190 e. The summed E-state index contributed by atoms with van der Waals surface area (Å²) in [5.74, 6) is -0.523. The lowest BCUT2D eigenvalue weighted by atomic mass is 10.1. The molecule has 0 saturated heterocycles. The summed E-state index contributed by atoms with van der Waals surface area (Å²) in [4.78, 5) is 0. The van der Waals surface area contributed by atoms with Crippen molar-refractivity contribution < 1.29 is 9.84 Å². The molecule has 0 aromatic heterocycles. The molecular formula is C10H7NO2. The van der Waals surface area contributed by atoms with E-state index >= 15 is 0 Å². The molecule has 0 bridgehead atoms. The maximum atomic E-state index is 10.7. The average molecular weight is 173 g/mol. The molecule has 0 aliphatic carbocycles. The molecule has 0 radical (unpaired) electrons. The number of hydrogen-bond acceptors (Lipinski definition) is 3. The van der Waals surface area contributed by atoms with Crippen molar-refractivity contribution >= 4 is 0 Å². The van der Waals surface area contributed by atoms with Crippen LogP contribution < -0.4 is 5.11 Å². The van der Waals surface area contributed by atoms with E-state index in [0.29, 0.717) is 11.1 Å². The Bertz CT molecular complexity index is 346. The standard InChI is InChI=1S/C10H7NO2/c1-13-10(12)6-8-2-4-9(7-11)5-3-8/h2-5H,1H3. The first-order chi connectivity index (χ1) is 6.26. The zero-order valence-corrected chi connectivity index (χ0v) is 7.07. The molecule has 0 aliphatic heterocycles. The highest BCUT2D eigenvalue weighted by Crippen LogP contribution is 2.04. The lowest BCUT2D eigenvalue weighted by molar-refractivity contribution is -0.354. The van der Waals surface area contributed by atoms with Gasteiger partial charge in [-0.3, -0.25) is 0 Å². The van der Waals surface area contributed by atoms with Crippen molar-refractivity contribution in [2.45, 2.75) is 0 Å². The van der Waals surface area contributed by atoms with Crippen LogP contribution in [-0.2, 0) is 4.74 Å². The normalized spacial score (nSPS) is 10.0. The Labute approximate surface area is 76.5 Å². The van der Waals surface area contributed by atoms with Crippen LogP contribution in [0.15, 0.2) is 30.2 Å². The summed E-state index contributed by atoms with van der Waals surface area (Å²) in [7, 11) is 1.29. The van der Waals surface area contributed by atoms with Crippen LogP contribution in [0.1, 0.15) is 11.1 Å². The van der Waals surface area contributed by atoms with Crippen molar-refractivity contribution in [3.63, 3.8) is 0 Å². The first kappa shape index (κ1) is 9.05. The molecule has 64 valence electrons. The first-order valence-corrected chi connectivity index (χ1v) is 3.61. The molecule has 1 aromatic rings. The van der Waals surface area contributed by atoms with Gasteiger partial charge in [-0.05, 0) is 7.11 Å². The molecule has 0 spiro atoms. The van der Waals surface area contributed by atoms with Crippen LogP contribution in [0.2, 0.25) is 0 Å². The molecule has 0 fully saturated rings. The van der Waals surface area contributed by atoms with Gasteiger partial charge in [-0.1, -0.05) is 0 Å². The van der Waals surface area contributed by atoms with Gasteiger partial charge in [0.1, 0.15) is 6.07 Å². The quantitative estimate of drug-likeness (QED) is 0.485. The Morgan fingerprint density at radius 3 is 2.54 bits per heavy atom. The van der Waals surface area contributed by atoms with E-state index in [2.05, 4.69) is 10.8 Å². The molecule has 0 saturated carbocycles.